The van der Waals surface area contributed by atoms with Crippen molar-refractivity contribution in [1.29, 1.82) is 0 Å². The van der Waals surface area contributed by atoms with Crippen LogP contribution in [0.1, 0.15) is 20.8 Å². The first-order chi connectivity index (χ1) is 5.48. The number of hydrogen-bond donors (Lipinski definition) is 1. The van der Waals surface area contributed by atoms with Crippen LogP contribution in [0.5, 0.6) is 0 Å². The Morgan fingerprint density at radius 2 is 1.83 bits per heavy atom. The third-order valence-electron chi connectivity index (χ3n) is 3.03. The van der Waals surface area contributed by atoms with E-state index in [1.165, 1.54) is 0 Å². The molecule has 1 aliphatic heterocycles. The first kappa shape index (κ1) is 11.5. The molecule has 0 aliphatic carbocycles. The van der Waals surface area contributed by atoms with Crippen LogP contribution < -0.4 is 17.5 Å². The van der Waals surface area contributed by atoms with Gasteiger partial charge in [0.05, 0.1) is 0 Å². The van der Waals surface area contributed by atoms with Gasteiger partial charge >= 0.3 is 95.6 Å². The van der Waals surface area contributed by atoms with E-state index in [2.05, 4.69) is 35.6 Å². The van der Waals surface area contributed by atoms with E-state index in [-0.39, 0.29) is 17.5 Å². The van der Waals surface area contributed by atoms with Gasteiger partial charge in [0.15, 0.2) is 0 Å². The fourth-order valence-corrected chi connectivity index (χ4v) is 5.05. The van der Waals surface area contributed by atoms with E-state index in [4.69, 9.17) is 0 Å². The van der Waals surface area contributed by atoms with Gasteiger partial charge in [-0.25, -0.2) is 0 Å². The molecule has 1 heterocycles. The van der Waals surface area contributed by atoms with Gasteiger partial charge in [-0.05, 0) is 0 Å². The SMILES string of the molecule is C[C@@H]1CN([I-]I)C[C@H](C)C1(C)O. The topological polar surface area (TPSA) is 23.5 Å². The van der Waals surface area contributed by atoms with Crippen molar-refractivity contribution in [3.63, 3.8) is 0 Å². The van der Waals surface area contributed by atoms with Gasteiger partial charge in [0.25, 0.3) is 0 Å². The normalized spacial score (nSPS) is 45.1. The van der Waals surface area contributed by atoms with Crippen molar-refractivity contribution in [2.75, 3.05) is 13.1 Å². The molecule has 1 N–H and O–H groups in total. The molecule has 0 aromatic rings. The summed E-state index contributed by atoms with van der Waals surface area (Å²) in [7, 11) is 0. The molecule has 0 aromatic carbocycles. The molecule has 3 atom stereocenters. The Balaban J connectivity index is 2.64. The summed E-state index contributed by atoms with van der Waals surface area (Å²) >= 11 is 2.67. The van der Waals surface area contributed by atoms with Gasteiger partial charge in [-0.15, -0.1) is 0 Å². The quantitative estimate of drug-likeness (QED) is 0.440. The average Bonchev–Trinajstić information content (AvgIpc) is 2.00. The summed E-state index contributed by atoms with van der Waals surface area (Å²) in [5.41, 5.74) is -0.452. The summed E-state index contributed by atoms with van der Waals surface area (Å²) in [6.45, 7) is 8.43. The fourth-order valence-electron chi connectivity index (χ4n) is 1.58. The number of rotatable bonds is 1. The second-order valence-corrected chi connectivity index (χ2v) is 8.10. The van der Waals surface area contributed by atoms with Crippen molar-refractivity contribution >= 4 is 18.6 Å². The van der Waals surface area contributed by atoms with Gasteiger partial charge in [-0.3, -0.25) is 0 Å². The molecular weight excluding hydrogens is 380 g/mol. The van der Waals surface area contributed by atoms with Gasteiger partial charge < -0.3 is 0 Å². The Morgan fingerprint density at radius 1 is 1.42 bits per heavy atom. The molecule has 12 heavy (non-hydrogen) atoms. The van der Waals surface area contributed by atoms with Crippen LogP contribution in [0.3, 0.4) is 0 Å². The molecule has 1 rings (SSSR count). The molecule has 0 saturated carbocycles. The van der Waals surface area contributed by atoms with Crippen LogP contribution in [-0.4, -0.2) is 26.9 Å². The van der Waals surface area contributed by atoms with E-state index in [9.17, 15) is 5.11 Å². The van der Waals surface area contributed by atoms with Gasteiger partial charge in [-0.1, -0.05) is 0 Å². The van der Waals surface area contributed by atoms with Crippen molar-refractivity contribution in [3.05, 3.63) is 0 Å². The van der Waals surface area contributed by atoms with Gasteiger partial charge in [0.2, 0.25) is 0 Å². The number of piperidine rings is 1. The molecule has 74 valence electrons. The maximum absolute atomic E-state index is 10.1. The average molecular weight is 396 g/mol. The summed E-state index contributed by atoms with van der Waals surface area (Å²) in [5.74, 6) is 0.825. The van der Waals surface area contributed by atoms with E-state index in [1.54, 1.807) is 0 Å². The molecule has 4 heteroatoms. The van der Waals surface area contributed by atoms with Crippen LogP contribution in [0.4, 0.5) is 0 Å². The predicted octanol–water partition coefficient (Wildman–Crippen LogP) is -1.32. The van der Waals surface area contributed by atoms with Crippen LogP contribution in [0, 0.1) is 11.8 Å². The summed E-state index contributed by atoms with van der Waals surface area (Å²) in [6, 6.07) is 0. The van der Waals surface area contributed by atoms with Crippen molar-refractivity contribution < 1.29 is 22.6 Å². The summed E-state index contributed by atoms with van der Waals surface area (Å²) in [6.07, 6.45) is 0. The van der Waals surface area contributed by atoms with Crippen LogP contribution in [-0.2, 0) is 0 Å². The Kier molecular flexibility index (Phi) is 4.07. The zero-order chi connectivity index (χ0) is 9.35. The first-order valence-corrected chi connectivity index (χ1v) is 11.5. The Hall–Kier alpha value is 1.38. The van der Waals surface area contributed by atoms with Crippen molar-refractivity contribution in [3.8, 4) is 0 Å². The standard InChI is InChI=1S/C8H16I2NO/c1-6-4-11(10-9)5-7(2)8(6,3)12/h6-7,12H,4-5H2,1-3H3/q-1/t6-,7+,8?. The Labute approximate surface area is 94.9 Å². The number of halogens is 2. The van der Waals surface area contributed by atoms with Crippen LogP contribution in [0.25, 0.3) is 0 Å². The zero-order valence-electron chi connectivity index (χ0n) is 7.72. The molecular formula is C8H16I2NO-. The third kappa shape index (κ3) is 2.24. The molecule has 0 bridgehead atoms. The molecule has 0 spiro atoms. The molecule has 0 amide bonds. The minimum atomic E-state index is -0.452. The molecule has 0 aromatic heterocycles. The summed E-state index contributed by atoms with van der Waals surface area (Å²) < 4.78 is 2.51. The summed E-state index contributed by atoms with van der Waals surface area (Å²) in [5, 5.41) is 10.1. The monoisotopic (exact) mass is 396 g/mol. The number of hydrogen-bond acceptors (Lipinski definition) is 2. The number of nitrogens with zero attached hydrogens (tertiary/aromatic N) is 1. The molecule has 0 radical (unpaired) electrons. The molecule has 2 nitrogen and oxygen atoms in total. The molecule has 1 aliphatic rings. The molecule has 1 unspecified atom stereocenters. The van der Waals surface area contributed by atoms with Gasteiger partial charge in [-0.2, -0.15) is 0 Å². The molecule has 1 saturated heterocycles. The van der Waals surface area contributed by atoms with Crippen molar-refractivity contribution in [2.45, 2.75) is 26.4 Å². The first-order valence-electron chi connectivity index (χ1n) is 4.22. The third-order valence-corrected chi connectivity index (χ3v) is 7.79. The van der Waals surface area contributed by atoms with Gasteiger partial charge in [0.1, 0.15) is 0 Å². The van der Waals surface area contributed by atoms with E-state index < -0.39 is 5.60 Å². The van der Waals surface area contributed by atoms with Crippen molar-refractivity contribution in [1.82, 2.24) is 3.11 Å². The minimum absolute atomic E-state index is 0.182. The van der Waals surface area contributed by atoms with E-state index in [1.807, 2.05) is 6.92 Å². The van der Waals surface area contributed by atoms with Crippen LogP contribution in [0.2, 0.25) is 0 Å². The fraction of sp³-hybridized carbons (Fsp3) is 1.00. The van der Waals surface area contributed by atoms with Crippen molar-refractivity contribution in [2.24, 2.45) is 11.8 Å². The Morgan fingerprint density at radius 3 is 2.17 bits per heavy atom. The summed E-state index contributed by atoms with van der Waals surface area (Å²) in [4.78, 5) is 0. The Bertz CT molecular complexity index is 149. The molecule has 1 fully saturated rings. The van der Waals surface area contributed by atoms with Crippen LogP contribution in [0.15, 0.2) is 0 Å². The van der Waals surface area contributed by atoms with Crippen LogP contribution >= 0.6 is 18.6 Å². The second kappa shape index (κ2) is 4.27. The second-order valence-electron chi connectivity index (χ2n) is 3.92. The maximum atomic E-state index is 10.1. The van der Waals surface area contributed by atoms with E-state index in [0.29, 0.717) is 11.8 Å². The van der Waals surface area contributed by atoms with E-state index in [0.717, 1.165) is 13.1 Å². The van der Waals surface area contributed by atoms with E-state index >= 15 is 0 Å². The van der Waals surface area contributed by atoms with Gasteiger partial charge in [0, 0.05) is 0 Å². The number of aliphatic hydroxyl groups is 1. The predicted molar refractivity (Wildman–Crippen MR) is 54.5 cm³/mol. The zero-order valence-corrected chi connectivity index (χ0v) is 12.0.